The van der Waals surface area contributed by atoms with E-state index in [1.54, 1.807) is 17.2 Å². The Hall–Kier alpha value is -2.24. The average molecular weight is 262 g/mol. The van der Waals surface area contributed by atoms with Gasteiger partial charge >= 0.3 is 0 Å². The lowest BCUT2D eigenvalue weighted by Crippen LogP contribution is -2.04. The standard InChI is InChI=1S/C13H12F2N4/c1-18-9(2-4-17-18)3-5-19-8-16-12-6-10(14)11(15)7-13(12)19/h2,4,6-8H,3,5H2,1H3. The normalized spacial score (nSPS) is 11.3. The van der Waals surface area contributed by atoms with Crippen LogP contribution >= 0.6 is 0 Å². The summed E-state index contributed by atoms with van der Waals surface area (Å²) >= 11 is 0. The monoisotopic (exact) mass is 262 g/mol. The highest BCUT2D eigenvalue weighted by molar-refractivity contribution is 5.75. The molecule has 0 N–H and O–H groups in total. The third kappa shape index (κ3) is 2.09. The van der Waals surface area contributed by atoms with Crippen LogP contribution in [0.2, 0.25) is 0 Å². The summed E-state index contributed by atoms with van der Waals surface area (Å²) in [6.07, 6.45) is 4.08. The molecular weight excluding hydrogens is 250 g/mol. The Kier molecular flexibility index (Phi) is 2.77. The van der Waals surface area contributed by atoms with Gasteiger partial charge in [0.1, 0.15) is 0 Å². The molecule has 2 aromatic heterocycles. The van der Waals surface area contributed by atoms with Gasteiger partial charge in [-0.3, -0.25) is 4.68 Å². The molecule has 4 nitrogen and oxygen atoms in total. The molecule has 6 heteroatoms. The molecule has 0 saturated carbocycles. The van der Waals surface area contributed by atoms with E-state index >= 15 is 0 Å². The first kappa shape index (κ1) is 11.8. The number of hydrogen-bond donors (Lipinski definition) is 0. The van der Waals surface area contributed by atoms with Crippen molar-refractivity contribution in [2.45, 2.75) is 13.0 Å². The minimum atomic E-state index is -0.871. The fourth-order valence-electron chi connectivity index (χ4n) is 2.11. The average Bonchev–Trinajstić information content (AvgIpc) is 2.95. The van der Waals surface area contributed by atoms with Gasteiger partial charge in [0.05, 0.1) is 17.4 Å². The summed E-state index contributed by atoms with van der Waals surface area (Å²) in [5, 5.41) is 4.09. The molecule has 0 aliphatic carbocycles. The van der Waals surface area contributed by atoms with E-state index in [-0.39, 0.29) is 0 Å². The molecule has 0 fully saturated rings. The number of rotatable bonds is 3. The molecule has 98 valence electrons. The molecule has 2 heterocycles. The van der Waals surface area contributed by atoms with Crippen LogP contribution in [0.1, 0.15) is 5.69 Å². The van der Waals surface area contributed by atoms with Crippen LogP contribution < -0.4 is 0 Å². The first-order valence-electron chi connectivity index (χ1n) is 5.92. The molecular formula is C13H12F2N4. The molecule has 1 aromatic carbocycles. The summed E-state index contributed by atoms with van der Waals surface area (Å²) in [7, 11) is 1.87. The lowest BCUT2D eigenvalue weighted by Gasteiger charge is -2.05. The number of fused-ring (bicyclic) bond motifs is 1. The second kappa shape index (κ2) is 4.46. The van der Waals surface area contributed by atoms with Crippen LogP contribution in [-0.2, 0) is 20.0 Å². The van der Waals surface area contributed by atoms with Crippen LogP contribution in [-0.4, -0.2) is 19.3 Å². The van der Waals surface area contributed by atoms with Crippen molar-refractivity contribution in [3.63, 3.8) is 0 Å². The van der Waals surface area contributed by atoms with E-state index in [9.17, 15) is 8.78 Å². The highest BCUT2D eigenvalue weighted by atomic mass is 19.2. The predicted molar refractivity (Wildman–Crippen MR) is 66.6 cm³/mol. The van der Waals surface area contributed by atoms with E-state index in [1.807, 2.05) is 17.7 Å². The molecule has 0 spiro atoms. The van der Waals surface area contributed by atoms with Gasteiger partial charge in [0.2, 0.25) is 0 Å². The summed E-state index contributed by atoms with van der Waals surface area (Å²) < 4.78 is 29.9. The predicted octanol–water partition coefficient (Wildman–Crippen LogP) is 2.29. The summed E-state index contributed by atoms with van der Waals surface area (Å²) in [6.45, 7) is 0.640. The van der Waals surface area contributed by atoms with Crippen molar-refractivity contribution < 1.29 is 8.78 Å². The molecule has 3 rings (SSSR count). The molecule has 0 radical (unpaired) electrons. The van der Waals surface area contributed by atoms with Crippen LogP contribution in [0, 0.1) is 11.6 Å². The van der Waals surface area contributed by atoms with E-state index < -0.39 is 11.6 Å². The molecule has 0 atom stereocenters. The van der Waals surface area contributed by atoms with Gasteiger partial charge in [0.25, 0.3) is 0 Å². The van der Waals surface area contributed by atoms with Crippen LogP contribution in [0.15, 0.2) is 30.7 Å². The lowest BCUT2D eigenvalue weighted by molar-refractivity contribution is 0.510. The number of benzene rings is 1. The van der Waals surface area contributed by atoms with Crippen molar-refractivity contribution in [3.8, 4) is 0 Å². The quantitative estimate of drug-likeness (QED) is 0.726. The minimum Gasteiger partial charge on any atom is -0.330 e. The van der Waals surface area contributed by atoms with E-state index in [4.69, 9.17) is 0 Å². The summed E-state index contributed by atoms with van der Waals surface area (Å²) in [5.41, 5.74) is 2.13. The van der Waals surface area contributed by atoms with Gasteiger partial charge in [-0.25, -0.2) is 13.8 Å². The topological polar surface area (TPSA) is 35.6 Å². The number of hydrogen-bond acceptors (Lipinski definition) is 2. The van der Waals surface area contributed by atoms with E-state index in [2.05, 4.69) is 10.1 Å². The van der Waals surface area contributed by atoms with Gasteiger partial charge in [0, 0.05) is 44.0 Å². The zero-order chi connectivity index (χ0) is 13.4. The van der Waals surface area contributed by atoms with Gasteiger partial charge < -0.3 is 4.57 Å². The fourth-order valence-corrected chi connectivity index (χ4v) is 2.11. The van der Waals surface area contributed by atoms with Crippen molar-refractivity contribution >= 4 is 11.0 Å². The SMILES string of the molecule is Cn1nccc1CCn1cnc2cc(F)c(F)cc21. The Balaban J connectivity index is 1.89. The second-order valence-corrected chi connectivity index (χ2v) is 4.39. The Morgan fingerprint density at radius 1 is 1.21 bits per heavy atom. The molecule has 3 aromatic rings. The van der Waals surface area contributed by atoms with Crippen LogP contribution in [0.3, 0.4) is 0 Å². The second-order valence-electron chi connectivity index (χ2n) is 4.39. The number of nitrogens with zero attached hydrogens (tertiary/aromatic N) is 4. The van der Waals surface area contributed by atoms with Crippen molar-refractivity contribution in [2.24, 2.45) is 7.05 Å². The van der Waals surface area contributed by atoms with E-state index in [1.165, 1.54) is 6.07 Å². The highest BCUT2D eigenvalue weighted by Gasteiger charge is 2.09. The Labute approximate surface area is 108 Å². The van der Waals surface area contributed by atoms with Gasteiger partial charge in [-0.05, 0) is 6.07 Å². The first-order chi connectivity index (χ1) is 9.15. The fraction of sp³-hybridized carbons (Fsp3) is 0.231. The maximum Gasteiger partial charge on any atom is 0.161 e. The molecule has 19 heavy (non-hydrogen) atoms. The molecule has 0 unspecified atom stereocenters. The van der Waals surface area contributed by atoms with Gasteiger partial charge in [0.15, 0.2) is 11.6 Å². The van der Waals surface area contributed by atoms with Gasteiger partial charge in [-0.2, -0.15) is 5.10 Å². The van der Waals surface area contributed by atoms with Crippen LogP contribution in [0.4, 0.5) is 8.78 Å². The Morgan fingerprint density at radius 2 is 2.00 bits per heavy atom. The third-order valence-electron chi connectivity index (χ3n) is 3.19. The lowest BCUT2D eigenvalue weighted by atomic mass is 10.2. The number of aryl methyl sites for hydroxylation is 3. The van der Waals surface area contributed by atoms with Crippen LogP contribution in [0.25, 0.3) is 11.0 Å². The number of halogens is 2. The number of aromatic nitrogens is 4. The summed E-state index contributed by atoms with van der Waals surface area (Å²) in [6, 6.07) is 4.23. The number of imidazole rings is 1. The zero-order valence-electron chi connectivity index (χ0n) is 10.3. The van der Waals surface area contributed by atoms with E-state index in [0.29, 0.717) is 17.6 Å². The smallest absolute Gasteiger partial charge is 0.161 e. The van der Waals surface area contributed by atoms with Crippen molar-refractivity contribution in [3.05, 3.63) is 48.1 Å². The Bertz CT molecular complexity index is 729. The first-order valence-corrected chi connectivity index (χ1v) is 5.92. The molecule has 0 aliphatic rings. The summed E-state index contributed by atoms with van der Waals surface area (Å²) in [5.74, 6) is -1.72. The maximum absolute atomic E-state index is 13.3. The largest absolute Gasteiger partial charge is 0.330 e. The molecule has 0 aliphatic heterocycles. The molecule has 0 saturated heterocycles. The molecule has 0 bridgehead atoms. The zero-order valence-corrected chi connectivity index (χ0v) is 10.3. The van der Waals surface area contributed by atoms with Gasteiger partial charge in [-0.1, -0.05) is 0 Å². The minimum absolute atomic E-state index is 0.462. The van der Waals surface area contributed by atoms with Gasteiger partial charge in [-0.15, -0.1) is 0 Å². The highest BCUT2D eigenvalue weighted by Crippen LogP contribution is 2.17. The van der Waals surface area contributed by atoms with Crippen LogP contribution in [0.5, 0.6) is 0 Å². The van der Waals surface area contributed by atoms with Crippen molar-refractivity contribution in [1.82, 2.24) is 19.3 Å². The molecule has 0 amide bonds. The third-order valence-corrected chi connectivity index (χ3v) is 3.19. The summed E-state index contributed by atoms with van der Waals surface area (Å²) in [4.78, 5) is 4.08. The Morgan fingerprint density at radius 3 is 2.74 bits per heavy atom. The van der Waals surface area contributed by atoms with Crippen molar-refractivity contribution in [1.29, 1.82) is 0 Å². The van der Waals surface area contributed by atoms with Crippen molar-refractivity contribution in [2.75, 3.05) is 0 Å². The van der Waals surface area contributed by atoms with E-state index in [0.717, 1.165) is 18.2 Å². The maximum atomic E-state index is 13.3.